The lowest BCUT2D eigenvalue weighted by Gasteiger charge is -2.09. The summed E-state index contributed by atoms with van der Waals surface area (Å²) in [5.74, 6) is 0.674. The minimum atomic E-state index is 0.217. The van der Waals surface area contributed by atoms with Gasteiger partial charge in [-0.1, -0.05) is 20.3 Å². The Morgan fingerprint density at radius 1 is 1.40 bits per heavy atom. The van der Waals surface area contributed by atoms with Crippen molar-refractivity contribution >= 4 is 5.78 Å². The number of ketones is 1. The first-order valence-corrected chi connectivity index (χ1v) is 5.52. The van der Waals surface area contributed by atoms with Crippen molar-refractivity contribution < 1.29 is 4.79 Å². The molecule has 2 nitrogen and oxygen atoms in total. The molecule has 0 aromatic carbocycles. The lowest BCUT2D eigenvalue weighted by Crippen LogP contribution is -2.08. The third-order valence-electron chi connectivity index (χ3n) is 2.76. The van der Waals surface area contributed by atoms with Gasteiger partial charge in [0.05, 0.1) is 0 Å². The van der Waals surface area contributed by atoms with Crippen LogP contribution in [-0.4, -0.2) is 10.8 Å². The van der Waals surface area contributed by atoms with Crippen LogP contribution in [0.5, 0.6) is 0 Å². The fourth-order valence-electron chi connectivity index (χ4n) is 1.55. The molecule has 1 rings (SSSR count). The van der Waals surface area contributed by atoms with Crippen molar-refractivity contribution in [2.75, 3.05) is 0 Å². The maximum atomic E-state index is 11.9. The van der Waals surface area contributed by atoms with Crippen molar-refractivity contribution in [3.05, 3.63) is 29.1 Å². The van der Waals surface area contributed by atoms with Crippen LogP contribution in [0.4, 0.5) is 0 Å². The molecule has 0 aliphatic carbocycles. The number of aromatic nitrogens is 1. The van der Waals surface area contributed by atoms with Crippen molar-refractivity contribution in [1.29, 1.82) is 0 Å². The molecule has 1 atom stereocenters. The zero-order chi connectivity index (χ0) is 11.4. The third kappa shape index (κ3) is 3.15. The lowest BCUT2D eigenvalue weighted by atomic mass is 9.97. The van der Waals surface area contributed by atoms with E-state index in [0.29, 0.717) is 12.3 Å². The molecule has 0 saturated heterocycles. The first kappa shape index (κ1) is 11.9. The van der Waals surface area contributed by atoms with Gasteiger partial charge in [-0.2, -0.15) is 0 Å². The Bertz CT molecular complexity index is 358. The molecule has 0 saturated carbocycles. The Labute approximate surface area is 91.7 Å². The second-order valence-electron chi connectivity index (χ2n) is 4.23. The van der Waals surface area contributed by atoms with Crippen LogP contribution in [0.25, 0.3) is 0 Å². The number of pyridine rings is 1. The number of nitrogens with zero attached hydrogens (tertiary/aromatic N) is 1. The van der Waals surface area contributed by atoms with Crippen LogP contribution in [0.3, 0.4) is 0 Å². The quantitative estimate of drug-likeness (QED) is 0.706. The maximum Gasteiger partial charge on any atom is 0.164 e. The molecule has 1 unspecified atom stereocenters. The zero-order valence-electron chi connectivity index (χ0n) is 10.0. The molecule has 0 bridgehead atoms. The van der Waals surface area contributed by atoms with Gasteiger partial charge in [-0.25, -0.2) is 0 Å². The predicted molar refractivity (Wildman–Crippen MR) is 62.1 cm³/mol. The molecule has 0 amide bonds. The summed E-state index contributed by atoms with van der Waals surface area (Å²) in [6.07, 6.45) is 1.67. The average Bonchev–Trinajstić information content (AvgIpc) is 2.17. The molecule has 0 aliphatic rings. The lowest BCUT2D eigenvalue weighted by molar-refractivity contribution is 0.0962. The van der Waals surface area contributed by atoms with Crippen LogP contribution in [-0.2, 0) is 0 Å². The van der Waals surface area contributed by atoms with E-state index in [2.05, 4.69) is 18.8 Å². The molecular weight excluding hydrogens is 186 g/mol. The van der Waals surface area contributed by atoms with Crippen LogP contribution < -0.4 is 0 Å². The van der Waals surface area contributed by atoms with Gasteiger partial charge in [0.15, 0.2) is 5.78 Å². The number of carbonyl (C=O) groups is 1. The van der Waals surface area contributed by atoms with Crippen LogP contribution in [0.1, 0.15) is 48.4 Å². The number of rotatable bonds is 4. The van der Waals surface area contributed by atoms with E-state index in [1.54, 1.807) is 0 Å². The molecule has 2 heteroatoms. The van der Waals surface area contributed by atoms with Gasteiger partial charge in [-0.15, -0.1) is 0 Å². The molecule has 1 aromatic heterocycles. The number of Topliss-reactive ketones (excluding diaryl/α,β-unsaturated/α-hetero) is 1. The van der Waals surface area contributed by atoms with E-state index in [9.17, 15) is 4.79 Å². The zero-order valence-corrected chi connectivity index (χ0v) is 10.0. The highest BCUT2D eigenvalue weighted by Crippen LogP contribution is 2.14. The fraction of sp³-hybridized carbons (Fsp3) is 0.538. The highest BCUT2D eigenvalue weighted by atomic mass is 16.1. The Balaban J connectivity index is 2.82. The monoisotopic (exact) mass is 205 g/mol. The summed E-state index contributed by atoms with van der Waals surface area (Å²) in [5.41, 5.74) is 2.59. The molecule has 0 aliphatic heterocycles. The van der Waals surface area contributed by atoms with Gasteiger partial charge < -0.3 is 0 Å². The van der Waals surface area contributed by atoms with E-state index in [-0.39, 0.29) is 5.78 Å². The molecule has 15 heavy (non-hydrogen) atoms. The SMILES string of the molecule is CCC(C)CC(=O)c1ccc(C)nc1C. The molecular formula is C13H19NO. The second-order valence-corrected chi connectivity index (χ2v) is 4.23. The summed E-state index contributed by atoms with van der Waals surface area (Å²) in [4.78, 5) is 16.2. The molecule has 0 fully saturated rings. The first-order valence-electron chi connectivity index (χ1n) is 5.52. The Hall–Kier alpha value is -1.18. The van der Waals surface area contributed by atoms with Crippen molar-refractivity contribution in [2.45, 2.75) is 40.5 Å². The van der Waals surface area contributed by atoms with Gasteiger partial charge in [0, 0.05) is 23.4 Å². The normalized spacial score (nSPS) is 12.5. The minimum absolute atomic E-state index is 0.217. The predicted octanol–water partition coefficient (Wildman–Crippen LogP) is 3.32. The minimum Gasteiger partial charge on any atom is -0.294 e. The van der Waals surface area contributed by atoms with E-state index in [4.69, 9.17) is 0 Å². The van der Waals surface area contributed by atoms with Crippen molar-refractivity contribution in [2.24, 2.45) is 5.92 Å². The standard InChI is InChI=1S/C13H19NO/c1-5-9(2)8-13(15)12-7-6-10(3)14-11(12)4/h6-7,9H,5,8H2,1-4H3. The molecule has 0 N–H and O–H groups in total. The summed E-state index contributed by atoms with van der Waals surface area (Å²) >= 11 is 0. The topological polar surface area (TPSA) is 30.0 Å². The highest BCUT2D eigenvalue weighted by molar-refractivity contribution is 5.97. The molecule has 82 valence electrons. The highest BCUT2D eigenvalue weighted by Gasteiger charge is 2.12. The summed E-state index contributed by atoms with van der Waals surface area (Å²) in [7, 11) is 0. The van der Waals surface area contributed by atoms with E-state index in [1.165, 1.54) is 0 Å². The maximum absolute atomic E-state index is 11.9. The van der Waals surface area contributed by atoms with Crippen LogP contribution >= 0.6 is 0 Å². The van der Waals surface area contributed by atoms with Gasteiger partial charge in [0.2, 0.25) is 0 Å². The van der Waals surface area contributed by atoms with E-state index in [1.807, 2.05) is 26.0 Å². The number of hydrogen-bond acceptors (Lipinski definition) is 2. The average molecular weight is 205 g/mol. The molecule has 1 aromatic rings. The summed E-state index contributed by atoms with van der Waals surface area (Å²) in [5, 5.41) is 0. The van der Waals surface area contributed by atoms with E-state index >= 15 is 0 Å². The van der Waals surface area contributed by atoms with Gasteiger partial charge in [-0.05, 0) is 31.9 Å². The fourth-order valence-corrected chi connectivity index (χ4v) is 1.55. The third-order valence-corrected chi connectivity index (χ3v) is 2.76. The van der Waals surface area contributed by atoms with Crippen LogP contribution in [0.2, 0.25) is 0 Å². The Morgan fingerprint density at radius 3 is 2.60 bits per heavy atom. The van der Waals surface area contributed by atoms with Gasteiger partial charge in [0.1, 0.15) is 0 Å². The van der Waals surface area contributed by atoms with Gasteiger partial charge in [0.25, 0.3) is 0 Å². The second kappa shape index (κ2) is 5.06. The van der Waals surface area contributed by atoms with Crippen LogP contribution in [0.15, 0.2) is 12.1 Å². The molecule has 0 radical (unpaired) electrons. The van der Waals surface area contributed by atoms with E-state index < -0.39 is 0 Å². The number of aryl methyl sites for hydroxylation is 2. The van der Waals surface area contributed by atoms with Gasteiger partial charge in [-0.3, -0.25) is 9.78 Å². The summed E-state index contributed by atoms with van der Waals surface area (Å²) in [6.45, 7) is 8.06. The van der Waals surface area contributed by atoms with Crippen molar-refractivity contribution in [3.63, 3.8) is 0 Å². The number of carbonyl (C=O) groups excluding carboxylic acids is 1. The van der Waals surface area contributed by atoms with E-state index in [0.717, 1.165) is 23.4 Å². The summed E-state index contributed by atoms with van der Waals surface area (Å²) in [6, 6.07) is 3.79. The largest absolute Gasteiger partial charge is 0.294 e. The summed E-state index contributed by atoms with van der Waals surface area (Å²) < 4.78 is 0. The number of hydrogen-bond donors (Lipinski definition) is 0. The smallest absolute Gasteiger partial charge is 0.164 e. The Kier molecular flexibility index (Phi) is 4.01. The van der Waals surface area contributed by atoms with Crippen LogP contribution in [0, 0.1) is 19.8 Å². The first-order chi connectivity index (χ1) is 7.04. The van der Waals surface area contributed by atoms with Gasteiger partial charge >= 0.3 is 0 Å². The Morgan fingerprint density at radius 2 is 2.07 bits per heavy atom. The van der Waals surface area contributed by atoms with Crippen molar-refractivity contribution in [3.8, 4) is 0 Å². The molecule has 1 heterocycles. The molecule has 0 spiro atoms. The van der Waals surface area contributed by atoms with Crippen molar-refractivity contribution in [1.82, 2.24) is 4.98 Å².